The number of nitrogens with one attached hydrogen (secondary N) is 1. The molecule has 1 aromatic carbocycles. The number of likely N-dealkylation sites (N-methyl/N-ethyl adjacent to an activating group) is 1. The molecule has 1 aromatic rings. The molecule has 2 aliphatic heterocycles. The van der Waals surface area contributed by atoms with E-state index in [0.717, 1.165) is 57.7 Å². The number of halogens is 3. The van der Waals surface area contributed by atoms with Crippen molar-refractivity contribution >= 4 is 35.6 Å². The predicted molar refractivity (Wildman–Crippen MR) is 139 cm³/mol. The second-order valence-electron chi connectivity index (χ2n) is 8.29. The third kappa shape index (κ3) is 7.98. The first kappa shape index (κ1) is 27.0. The minimum atomic E-state index is -0.402. The fourth-order valence-corrected chi connectivity index (χ4v) is 4.27. The SMILES string of the molecule is CCNC(=NCCCCN1CCN(CC)CC1)N1CCN(c2cc(F)ccc2F)CC1.I. The Balaban J connectivity index is 0.00000363. The zero-order valence-corrected chi connectivity index (χ0v) is 21.9. The summed E-state index contributed by atoms with van der Waals surface area (Å²) in [6, 6.07) is 3.65. The van der Waals surface area contributed by atoms with Crippen LogP contribution in [0.3, 0.4) is 0 Å². The van der Waals surface area contributed by atoms with Crippen molar-refractivity contribution in [3.05, 3.63) is 29.8 Å². The first-order valence-electron chi connectivity index (χ1n) is 11.8. The van der Waals surface area contributed by atoms with E-state index >= 15 is 0 Å². The van der Waals surface area contributed by atoms with Crippen LogP contribution in [0, 0.1) is 11.6 Å². The van der Waals surface area contributed by atoms with E-state index in [4.69, 9.17) is 4.99 Å². The van der Waals surface area contributed by atoms with Crippen molar-refractivity contribution in [3.8, 4) is 0 Å². The van der Waals surface area contributed by atoms with Crippen LogP contribution in [-0.4, -0.2) is 99.2 Å². The number of anilines is 1. The van der Waals surface area contributed by atoms with Gasteiger partial charge in [0.25, 0.3) is 0 Å². The van der Waals surface area contributed by atoms with Crippen molar-refractivity contribution in [1.29, 1.82) is 0 Å². The van der Waals surface area contributed by atoms with Gasteiger partial charge in [0.15, 0.2) is 5.96 Å². The molecule has 6 nitrogen and oxygen atoms in total. The van der Waals surface area contributed by atoms with Crippen LogP contribution in [0.15, 0.2) is 23.2 Å². The molecule has 0 unspecified atom stereocenters. The second kappa shape index (κ2) is 14.1. The van der Waals surface area contributed by atoms with Crippen LogP contribution in [-0.2, 0) is 0 Å². The van der Waals surface area contributed by atoms with Crippen molar-refractivity contribution in [1.82, 2.24) is 20.0 Å². The van der Waals surface area contributed by atoms with Crippen LogP contribution < -0.4 is 10.2 Å². The van der Waals surface area contributed by atoms with Gasteiger partial charge in [-0.25, -0.2) is 8.78 Å². The average Bonchev–Trinajstić information content (AvgIpc) is 2.80. The molecule has 0 spiro atoms. The smallest absolute Gasteiger partial charge is 0.194 e. The van der Waals surface area contributed by atoms with E-state index in [2.05, 4.69) is 33.9 Å². The van der Waals surface area contributed by atoms with E-state index in [1.165, 1.54) is 44.7 Å². The highest BCUT2D eigenvalue weighted by Crippen LogP contribution is 2.22. The lowest BCUT2D eigenvalue weighted by Gasteiger charge is -2.37. The van der Waals surface area contributed by atoms with Gasteiger partial charge < -0.3 is 24.9 Å². The normalized spacial score (nSPS) is 18.6. The number of hydrogen-bond donors (Lipinski definition) is 1. The summed E-state index contributed by atoms with van der Waals surface area (Å²) in [5, 5.41) is 3.39. The molecular weight excluding hydrogens is 525 g/mol. The fraction of sp³-hybridized carbons (Fsp3) is 0.696. The number of nitrogens with zero attached hydrogens (tertiary/aromatic N) is 5. The third-order valence-corrected chi connectivity index (χ3v) is 6.22. The Morgan fingerprint density at radius 2 is 1.62 bits per heavy atom. The largest absolute Gasteiger partial charge is 0.366 e. The van der Waals surface area contributed by atoms with Gasteiger partial charge in [0.1, 0.15) is 11.6 Å². The number of unbranched alkanes of at least 4 members (excludes halogenated alkanes) is 1. The summed E-state index contributed by atoms with van der Waals surface area (Å²) in [6.07, 6.45) is 2.25. The molecule has 0 aliphatic carbocycles. The molecule has 2 saturated heterocycles. The highest BCUT2D eigenvalue weighted by atomic mass is 127. The summed E-state index contributed by atoms with van der Waals surface area (Å²) in [6.45, 7) is 15.7. The number of guanidine groups is 1. The topological polar surface area (TPSA) is 37.4 Å². The molecule has 0 saturated carbocycles. The molecule has 2 heterocycles. The fourth-order valence-electron chi connectivity index (χ4n) is 4.27. The van der Waals surface area contributed by atoms with Crippen LogP contribution in [0.2, 0.25) is 0 Å². The average molecular weight is 565 g/mol. The lowest BCUT2D eigenvalue weighted by Crippen LogP contribution is -2.52. The zero-order valence-electron chi connectivity index (χ0n) is 19.5. The minimum absolute atomic E-state index is 0. The van der Waals surface area contributed by atoms with Crippen LogP contribution in [0.4, 0.5) is 14.5 Å². The summed E-state index contributed by atoms with van der Waals surface area (Å²) in [7, 11) is 0. The van der Waals surface area contributed by atoms with E-state index in [0.29, 0.717) is 18.8 Å². The van der Waals surface area contributed by atoms with Gasteiger partial charge in [0, 0.05) is 71.5 Å². The molecule has 2 fully saturated rings. The van der Waals surface area contributed by atoms with Crippen LogP contribution >= 0.6 is 24.0 Å². The minimum Gasteiger partial charge on any atom is -0.366 e. The lowest BCUT2D eigenvalue weighted by atomic mass is 10.2. The van der Waals surface area contributed by atoms with E-state index in [-0.39, 0.29) is 29.8 Å². The number of rotatable bonds is 8. The van der Waals surface area contributed by atoms with Crippen molar-refractivity contribution in [3.63, 3.8) is 0 Å². The predicted octanol–water partition coefficient (Wildman–Crippen LogP) is 3.09. The van der Waals surface area contributed by atoms with Crippen LogP contribution in [0.1, 0.15) is 26.7 Å². The maximum absolute atomic E-state index is 14.1. The number of aliphatic imine (C=N–C) groups is 1. The molecular formula is C23H39F2IN6. The summed E-state index contributed by atoms with van der Waals surface area (Å²) in [5.41, 5.74) is 0.348. The first-order chi connectivity index (χ1) is 15.1. The van der Waals surface area contributed by atoms with Gasteiger partial charge in [0.2, 0.25) is 0 Å². The number of piperazine rings is 2. The molecule has 32 heavy (non-hydrogen) atoms. The molecule has 0 amide bonds. The molecule has 0 radical (unpaired) electrons. The van der Waals surface area contributed by atoms with Crippen molar-refractivity contribution in [2.24, 2.45) is 4.99 Å². The van der Waals surface area contributed by atoms with Gasteiger partial charge >= 0.3 is 0 Å². The maximum Gasteiger partial charge on any atom is 0.194 e. The van der Waals surface area contributed by atoms with Gasteiger partial charge in [-0.1, -0.05) is 6.92 Å². The molecule has 1 N–H and O–H groups in total. The molecule has 182 valence electrons. The Morgan fingerprint density at radius 3 is 2.28 bits per heavy atom. The molecule has 0 atom stereocenters. The third-order valence-electron chi connectivity index (χ3n) is 6.22. The van der Waals surface area contributed by atoms with Gasteiger partial charge in [-0.05, 0) is 45.0 Å². The van der Waals surface area contributed by atoms with Crippen molar-refractivity contribution in [2.75, 3.05) is 83.4 Å². The second-order valence-corrected chi connectivity index (χ2v) is 8.29. The molecule has 0 aromatic heterocycles. The Hall–Kier alpha value is -1.20. The van der Waals surface area contributed by atoms with E-state index in [1.54, 1.807) is 0 Å². The monoisotopic (exact) mass is 564 g/mol. The Kier molecular flexibility index (Phi) is 12.0. The van der Waals surface area contributed by atoms with Crippen molar-refractivity contribution < 1.29 is 8.78 Å². The van der Waals surface area contributed by atoms with Gasteiger partial charge in [-0.2, -0.15) is 0 Å². The standard InChI is InChI=1S/C23H38F2N6.HI/c1-3-26-23(27-9-5-6-10-29-13-11-28(4-2)12-14-29)31-17-15-30(16-18-31)22-19-20(24)7-8-21(22)25;/h7-8,19H,3-6,9-18H2,1-2H3,(H,26,27);1H. The quantitative estimate of drug-likeness (QED) is 0.228. The van der Waals surface area contributed by atoms with Crippen LogP contribution in [0.25, 0.3) is 0 Å². The molecule has 3 rings (SSSR count). The highest BCUT2D eigenvalue weighted by Gasteiger charge is 2.22. The summed E-state index contributed by atoms with van der Waals surface area (Å²) in [5.74, 6) is 0.158. The summed E-state index contributed by atoms with van der Waals surface area (Å²) >= 11 is 0. The summed E-state index contributed by atoms with van der Waals surface area (Å²) in [4.78, 5) is 14.0. The van der Waals surface area contributed by atoms with E-state index in [1.807, 2.05) is 4.90 Å². The van der Waals surface area contributed by atoms with Crippen molar-refractivity contribution in [2.45, 2.75) is 26.7 Å². The molecule has 9 heteroatoms. The maximum atomic E-state index is 14.1. The van der Waals surface area contributed by atoms with E-state index < -0.39 is 5.82 Å². The zero-order chi connectivity index (χ0) is 22.1. The Bertz CT molecular complexity index is 704. The molecule has 0 bridgehead atoms. The Labute approximate surface area is 209 Å². The van der Waals surface area contributed by atoms with Gasteiger partial charge in [-0.15, -0.1) is 24.0 Å². The first-order valence-corrected chi connectivity index (χ1v) is 11.8. The van der Waals surface area contributed by atoms with Gasteiger partial charge in [-0.3, -0.25) is 4.99 Å². The van der Waals surface area contributed by atoms with Crippen LogP contribution in [0.5, 0.6) is 0 Å². The van der Waals surface area contributed by atoms with E-state index in [9.17, 15) is 8.78 Å². The number of hydrogen-bond acceptors (Lipinski definition) is 4. The Morgan fingerprint density at radius 1 is 0.938 bits per heavy atom. The number of benzene rings is 1. The summed E-state index contributed by atoms with van der Waals surface area (Å²) < 4.78 is 27.6. The molecule has 2 aliphatic rings. The lowest BCUT2D eigenvalue weighted by molar-refractivity contribution is 0.136. The highest BCUT2D eigenvalue weighted by molar-refractivity contribution is 14.0. The van der Waals surface area contributed by atoms with Gasteiger partial charge in [0.05, 0.1) is 5.69 Å².